The summed E-state index contributed by atoms with van der Waals surface area (Å²) < 4.78 is 39.2. The maximum Gasteiger partial charge on any atom is 0.404 e. The summed E-state index contributed by atoms with van der Waals surface area (Å²) >= 11 is 0. The summed E-state index contributed by atoms with van der Waals surface area (Å²) in [4.78, 5) is 4.17. The number of alkyl halides is 3. The van der Waals surface area contributed by atoms with Crippen LogP contribution in [0.4, 0.5) is 13.2 Å². The highest BCUT2D eigenvalue weighted by atomic mass is 19.4. The molecule has 0 radical (unpaired) electrons. The van der Waals surface area contributed by atoms with E-state index < -0.39 is 12.2 Å². The third kappa shape index (κ3) is 3.48. The van der Waals surface area contributed by atoms with Gasteiger partial charge in [-0.25, -0.2) is 0 Å². The minimum Gasteiger partial charge on any atom is -0.306 e. The summed E-state index contributed by atoms with van der Waals surface area (Å²) in [6.07, 6.45) is -2.10. The van der Waals surface area contributed by atoms with Crippen molar-refractivity contribution in [1.29, 1.82) is 0 Å². The summed E-state index contributed by atoms with van der Waals surface area (Å²) in [5.74, 6) is 0. The van der Waals surface area contributed by atoms with Gasteiger partial charge in [-0.2, -0.15) is 13.2 Å². The minimum atomic E-state index is -4.25. The SMILES string of the molecule is CCCNC(Cc1ccnc2ccccc12)C(F)(F)F. The fourth-order valence-corrected chi connectivity index (χ4v) is 2.18. The van der Waals surface area contributed by atoms with Crippen molar-refractivity contribution < 1.29 is 13.2 Å². The Morgan fingerprint density at radius 3 is 2.65 bits per heavy atom. The fourth-order valence-electron chi connectivity index (χ4n) is 2.18. The van der Waals surface area contributed by atoms with Crippen LogP contribution in [0.25, 0.3) is 10.9 Å². The molecule has 2 nitrogen and oxygen atoms in total. The number of hydrogen-bond donors (Lipinski definition) is 1. The molecule has 0 saturated carbocycles. The van der Waals surface area contributed by atoms with E-state index in [9.17, 15) is 13.2 Å². The van der Waals surface area contributed by atoms with E-state index in [1.54, 1.807) is 18.3 Å². The highest BCUT2D eigenvalue weighted by Gasteiger charge is 2.39. The van der Waals surface area contributed by atoms with Gasteiger partial charge in [0.15, 0.2) is 0 Å². The largest absolute Gasteiger partial charge is 0.404 e. The number of benzene rings is 1. The lowest BCUT2D eigenvalue weighted by molar-refractivity contribution is -0.155. The Kier molecular flexibility index (Phi) is 4.60. The Labute approximate surface area is 116 Å². The van der Waals surface area contributed by atoms with Gasteiger partial charge in [0.05, 0.1) is 5.52 Å². The first-order valence-electron chi connectivity index (χ1n) is 6.65. The first-order chi connectivity index (χ1) is 9.52. The van der Waals surface area contributed by atoms with Gasteiger partial charge in [0.2, 0.25) is 0 Å². The molecule has 1 N–H and O–H groups in total. The van der Waals surface area contributed by atoms with Gasteiger partial charge in [-0.3, -0.25) is 4.98 Å². The number of para-hydroxylation sites is 1. The van der Waals surface area contributed by atoms with Gasteiger partial charge in [0.25, 0.3) is 0 Å². The molecule has 1 aromatic carbocycles. The van der Waals surface area contributed by atoms with Gasteiger partial charge in [-0.05, 0) is 37.1 Å². The molecular weight excluding hydrogens is 265 g/mol. The predicted octanol–water partition coefficient (Wildman–Crippen LogP) is 3.71. The van der Waals surface area contributed by atoms with Crippen LogP contribution in [0, 0.1) is 0 Å². The molecule has 20 heavy (non-hydrogen) atoms. The summed E-state index contributed by atoms with van der Waals surface area (Å²) in [6, 6.07) is 7.40. The van der Waals surface area contributed by atoms with Crippen molar-refractivity contribution in [2.45, 2.75) is 32.0 Å². The quantitative estimate of drug-likeness (QED) is 0.904. The highest BCUT2D eigenvalue weighted by molar-refractivity contribution is 5.81. The van der Waals surface area contributed by atoms with Crippen LogP contribution < -0.4 is 5.32 Å². The number of nitrogens with zero attached hydrogens (tertiary/aromatic N) is 1. The van der Waals surface area contributed by atoms with Crippen LogP contribution in [0.5, 0.6) is 0 Å². The van der Waals surface area contributed by atoms with E-state index in [1.807, 2.05) is 25.1 Å². The molecule has 1 atom stereocenters. The molecule has 0 saturated heterocycles. The van der Waals surface area contributed by atoms with Crippen LogP contribution in [-0.4, -0.2) is 23.7 Å². The topological polar surface area (TPSA) is 24.9 Å². The standard InChI is InChI=1S/C15H17F3N2/c1-2-8-20-14(15(16,17)18)10-11-7-9-19-13-6-4-3-5-12(11)13/h3-7,9,14,20H,2,8,10H2,1H3. The van der Waals surface area contributed by atoms with Crippen LogP contribution in [0.1, 0.15) is 18.9 Å². The number of nitrogens with one attached hydrogen (secondary N) is 1. The first-order valence-corrected chi connectivity index (χ1v) is 6.65. The molecule has 2 aromatic rings. The monoisotopic (exact) mass is 282 g/mol. The molecule has 0 fully saturated rings. The maximum atomic E-state index is 13.1. The predicted molar refractivity (Wildman–Crippen MR) is 73.6 cm³/mol. The first kappa shape index (κ1) is 14.8. The van der Waals surface area contributed by atoms with E-state index in [-0.39, 0.29) is 6.42 Å². The lowest BCUT2D eigenvalue weighted by atomic mass is 10.0. The third-order valence-corrected chi connectivity index (χ3v) is 3.20. The van der Waals surface area contributed by atoms with Crippen LogP contribution in [-0.2, 0) is 6.42 Å². The normalized spacial score (nSPS) is 13.6. The van der Waals surface area contributed by atoms with Crippen molar-refractivity contribution in [3.8, 4) is 0 Å². The average Bonchev–Trinajstić information content (AvgIpc) is 2.42. The zero-order valence-electron chi connectivity index (χ0n) is 11.2. The Hall–Kier alpha value is -1.62. The second kappa shape index (κ2) is 6.22. The molecule has 5 heteroatoms. The van der Waals surface area contributed by atoms with Gasteiger partial charge in [-0.15, -0.1) is 0 Å². The Bertz CT molecular complexity index is 561. The van der Waals surface area contributed by atoms with E-state index in [0.29, 0.717) is 18.5 Å². The van der Waals surface area contributed by atoms with E-state index in [1.165, 1.54) is 0 Å². The molecule has 1 unspecified atom stereocenters. The van der Waals surface area contributed by atoms with Crippen LogP contribution in [0.15, 0.2) is 36.5 Å². The van der Waals surface area contributed by atoms with E-state index >= 15 is 0 Å². The van der Waals surface area contributed by atoms with Crippen LogP contribution in [0.2, 0.25) is 0 Å². The molecule has 0 spiro atoms. The van der Waals surface area contributed by atoms with Crippen molar-refractivity contribution in [2.24, 2.45) is 0 Å². The van der Waals surface area contributed by atoms with Crippen LogP contribution in [0.3, 0.4) is 0 Å². The molecule has 1 heterocycles. The zero-order chi connectivity index (χ0) is 14.6. The van der Waals surface area contributed by atoms with E-state index in [2.05, 4.69) is 10.3 Å². The fraction of sp³-hybridized carbons (Fsp3) is 0.400. The number of hydrogen-bond acceptors (Lipinski definition) is 2. The van der Waals surface area contributed by atoms with Crippen LogP contribution >= 0.6 is 0 Å². The molecule has 0 aliphatic rings. The lowest BCUT2D eigenvalue weighted by Gasteiger charge is -2.22. The molecule has 0 aliphatic heterocycles. The third-order valence-electron chi connectivity index (χ3n) is 3.20. The molecule has 2 rings (SSSR count). The average molecular weight is 282 g/mol. The van der Waals surface area contributed by atoms with Crippen molar-refractivity contribution in [2.75, 3.05) is 6.54 Å². The van der Waals surface area contributed by atoms with Gasteiger partial charge in [0.1, 0.15) is 6.04 Å². The summed E-state index contributed by atoms with van der Waals surface area (Å²) in [5.41, 5.74) is 1.39. The summed E-state index contributed by atoms with van der Waals surface area (Å²) in [7, 11) is 0. The summed E-state index contributed by atoms with van der Waals surface area (Å²) in [5, 5.41) is 3.36. The van der Waals surface area contributed by atoms with Gasteiger partial charge >= 0.3 is 6.18 Å². The molecule has 0 amide bonds. The van der Waals surface area contributed by atoms with E-state index in [4.69, 9.17) is 0 Å². The number of aromatic nitrogens is 1. The molecule has 1 aromatic heterocycles. The number of halogens is 3. The van der Waals surface area contributed by atoms with Gasteiger partial charge < -0.3 is 5.32 Å². The highest BCUT2D eigenvalue weighted by Crippen LogP contribution is 2.26. The van der Waals surface area contributed by atoms with Crippen molar-refractivity contribution in [3.63, 3.8) is 0 Å². The molecular formula is C15H17F3N2. The second-order valence-electron chi connectivity index (χ2n) is 4.74. The number of rotatable bonds is 5. The zero-order valence-corrected chi connectivity index (χ0v) is 11.2. The Balaban J connectivity index is 2.28. The Morgan fingerprint density at radius 1 is 1.20 bits per heavy atom. The Morgan fingerprint density at radius 2 is 1.95 bits per heavy atom. The summed E-state index contributed by atoms with van der Waals surface area (Å²) in [6.45, 7) is 2.20. The molecule has 108 valence electrons. The molecule has 0 aliphatic carbocycles. The number of pyridine rings is 1. The second-order valence-corrected chi connectivity index (χ2v) is 4.74. The van der Waals surface area contributed by atoms with Gasteiger partial charge in [0, 0.05) is 11.6 Å². The minimum absolute atomic E-state index is 0.0769. The van der Waals surface area contributed by atoms with Crippen molar-refractivity contribution >= 4 is 10.9 Å². The van der Waals surface area contributed by atoms with Crippen molar-refractivity contribution in [1.82, 2.24) is 10.3 Å². The smallest absolute Gasteiger partial charge is 0.306 e. The van der Waals surface area contributed by atoms with Crippen molar-refractivity contribution in [3.05, 3.63) is 42.1 Å². The molecule has 0 bridgehead atoms. The maximum absolute atomic E-state index is 13.1. The van der Waals surface area contributed by atoms with E-state index in [0.717, 1.165) is 10.9 Å². The lowest BCUT2D eigenvalue weighted by Crippen LogP contribution is -2.44. The van der Waals surface area contributed by atoms with Gasteiger partial charge in [-0.1, -0.05) is 25.1 Å². The number of fused-ring (bicyclic) bond motifs is 1.